The summed E-state index contributed by atoms with van der Waals surface area (Å²) in [6.45, 7) is 0. The Bertz CT molecular complexity index is 366. The lowest BCUT2D eigenvalue weighted by molar-refractivity contribution is 0.0974. The topological polar surface area (TPSA) is 17.1 Å². The number of Topliss-reactive ketones (excluding diaryl/α,β-unsaturated/α-hetero) is 1. The molecule has 0 aliphatic heterocycles. The first-order valence-corrected chi connectivity index (χ1v) is 6.32. The lowest BCUT2D eigenvalue weighted by Gasteiger charge is -2.02. The molecule has 0 radical (unpaired) electrons. The molecule has 0 aliphatic rings. The molecule has 1 aromatic rings. The van der Waals surface area contributed by atoms with Crippen LogP contribution in [0.25, 0.3) is 0 Å². The third-order valence-corrected chi connectivity index (χ3v) is 2.85. The number of carbonyl (C=O) groups is 1. The van der Waals surface area contributed by atoms with Crippen molar-refractivity contribution in [3.05, 3.63) is 35.4 Å². The summed E-state index contributed by atoms with van der Waals surface area (Å²) in [6, 6.07) is 3.69. The van der Waals surface area contributed by atoms with E-state index >= 15 is 0 Å². The Labute approximate surface area is 102 Å². The van der Waals surface area contributed by atoms with Crippen molar-refractivity contribution < 1.29 is 13.6 Å². The summed E-state index contributed by atoms with van der Waals surface area (Å²) in [7, 11) is 0. The van der Waals surface area contributed by atoms with E-state index in [4.69, 9.17) is 0 Å². The van der Waals surface area contributed by atoms with Crippen LogP contribution in [0.5, 0.6) is 0 Å². The Balaban J connectivity index is 2.56. The van der Waals surface area contributed by atoms with Crippen molar-refractivity contribution in [3.8, 4) is 0 Å². The predicted octanol–water partition coefficient (Wildman–Crippen LogP) is 4.10. The number of unbranched alkanes of at least 4 members (excludes halogenated alkanes) is 2. The second kappa shape index (κ2) is 6.74. The van der Waals surface area contributed by atoms with Crippen LogP contribution in [0.1, 0.15) is 36.0 Å². The monoisotopic (exact) mass is 290 g/mol. The van der Waals surface area contributed by atoms with Gasteiger partial charge in [0.15, 0.2) is 17.4 Å². The van der Waals surface area contributed by atoms with E-state index in [1.54, 1.807) is 0 Å². The summed E-state index contributed by atoms with van der Waals surface area (Å²) in [5, 5.41) is 0.898. The zero-order chi connectivity index (χ0) is 12.0. The van der Waals surface area contributed by atoms with Crippen molar-refractivity contribution in [3.63, 3.8) is 0 Å². The molecule has 16 heavy (non-hydrogen) atoms. The molecule has 0 atom stereocenters. The Morgan fingerprint density at radius 3 is 2.62 bits per heavy atom. The van der Waals surface area contributed by atoms with Gasteiger partial charge in [-0.15, -0.1) is 0 Å². The maximum atomic E-state index is 13.2. The van der Waals surface area contributed by atoms with Crippen LogP contribution in [0.2, 0.25) is 0 Å². The van der Waals surface area contributed by atoms with Gasteiger partial charge in [0.25, 0.3) is 0 Å². The van der Waals surface area contributed by atoms with E-state index in [1.165, 1.54) is 12.1 Å². The SMILES string of the molecule is O=C(CCCCCBr)c1cccc(F)c1F. The largest absolute Gasteiger partial charge is 0.294 e. The molecule has 0 saturated heterocycles. The number of ketones is 1. The highest BCUT2D eigenvalue weighted by Gasteiger charge is 2.14. The van der Waals surface area contributed by atoms with Crippen LogP contribution in [0.3, 0.4) is 0 Å². The first-order chi connectivity index (χ1) is 7.66. The summed E-state index contributed by atoms with van der Waals surface area (Å²) in [5.41, 5.74) is -0.140. The molecule has 0 unspecified atom stereocenters. The van der Waals surface area contributed by atoms with E-state index in [-0.39, 0.29) is 17.8 Å². The van der Waals surface area contributed by atoms with E-state index in [2.05, 4.69) is 15.9 Å². The van der Waals surface area contributed by atoms with Crippen molar-refractivity contribution in [2.45, 2.75) is 25.7 Å². The molecule has 0 aliphatic carbocycles. The summed E-state index contributed by atoms with van der Waals surface area (Å²) in [6.07, 6.45) is 2.88. The lowest BCUT2D eigenvalue weighted by atomic mass is 10.0. The molecule has 1 nitrogen and oxygen atoms in total. The van der Waals surface area contributed by atoms with Gasteiger partial charge in [0.2, 0.25) is 0 Å². The Kier molecular flexibility index (Phi) is 5.60. The third-order valence-electron chi connectivity index (χ3n) is 2.29. The molecule has 1 aromatic carbocycles. The quantitative estimate of drug-likeness (QED) is 0.438. The molecule has 88 valence electrons. The fourth-order valence-corrected chi connectivity index (χ4v) is 1.81. The van der Waals surface area contributed by atoms with E-state index in [0.717, 1.165) is 24.2 Å². The number of alkyl halides is 1. The van der Waals surface area contributed by atoms with Crippen molar-refractivity contribution >= 4 is 21.7 Å². The maximum absolute atomic E-state index is 13.2. The normalized spacial score (nSPS) is 10.4. The summed E-state index contributed by atoms with van der Waals surface area (Å²) in [5.74, 6) is -2.33. The number of halogens is 3. The zero-order valence-electron chi connectivity index (χ0n) is 8.81. The van der Waals surface area contributed by atoms with E-state index in [9.17, 15) is 13.6 Å². The van der Waals surface area contributed by atoms with Crippen LogP contribution in [0.4, 0.5) is 8.78 Å². The van der Waals surface area contributed by atoms with Crippen molar-refractivity contribution in [1.82, 2.24) is 0 Å². The summed E-state index contributed by atoms with van der Waals surface area (Å²) >= 11 is 3.29. The van der Waals surface area contributed by atoms with Gasteiger partial charge in [-0.25, -0.2) is 8.78 Å². The minimum atomic E-state index is -1.03. The van der Waals surface area contributed by atoms with Crippen LogP contribution in [0.15, 0.2) is 18.2 Å². The minimum absolute atomic E-state index is 0.140. The van der Waals surface area contributed by atoms with Gasteiger partial charge in [-0.3, -0.25) is 4.79 Å². The maximum Gasteiger partial charge on any atom is 0.169 e. The van der Waals surface area contributed by atoms with Crippen molar-refractivity contribution in [2.75, 3.05) is 5.33 Å². The molecular formula is C12H13BrF2O. The second-order valence-corrected chi connectivity index (χ2v) is 4.32. The number of benzene rings is 1. The summed E-state index contributed by atoms with van der Waals surface area (Å²) in [4.78, 5) is 11.6. The molecular weight excluding hydrogens is 278 g/mol. The first-order valence-electron chi connectivity index (χ1n) is 5.20. The fraction of sp³-hybridized carbons (Fsp3) is 0.417. The fourth-order valence-electron chi connectivity index (χ4n) is 1.41. The van der Waals surface area contributed by atoms with Crippen LogP contribution in [-0.4, -0.2) is 11.1 Å². The molecule has 1 rings (SSSR count). The Morgan fingerprint density at radius 1 is 1.19 bits per heavy atom. The smallest absolute Gasteiger partial charge is 0.169 e. The Morgan fingerprint density at radius 2 is 1.94 bits per heavy atom. The van der Waals surface area contributed by atoms with Crippen LogP contribution >= 0.6 is 15.9 Å². The van der Waals surface area contributed by atoms with Gasteiger partial charge in [-0.1, -0.05) is 28.4 Å². The van der Waals surface area contributed by atoms with Gasteiger partial charge in [-0.05, 0) is 25.0 Å². The lowest BCUT2D eigenvalue weighted by Crippen LogP contribution is -2.04. The van der Waals surface area contributed by atoms with E-state index in [1.807, 2.05) is 0 Å². The second-order valence-electron chi connectivity index (χ2n) is 3.52. The first kappa shape index (κ1) is 13.3. The van der Waals surface area contributed by atoms with Crippen molar-refractivity contribution in [1.29, 1.82) is 0 Å². The average molecular weight is 291 g/mol. The van der Waals surface area contributed by atoms with Gasteiger partial charge in [0.1, 0.15) is 0 Å². The molecule has 0 spiro atoms. The highest BCUT2D eigenvalue weighted by Crippen LogP contribution is 2.15. The number of carbonyl (C=O) groups excluding carboxylic acids is 1. The minimum Gasteiger partial charge on any atom is -0.294 e. The van der Waals surface area contributed by atoms with Gasteiger partial charge in [0, 0.05) is 11.8 Å². The van der Waals surface area contributed by atoms with E-state index in [0.29, 0.717) is 6.42 Å². The van der Waals surface area contributed by atoms with Crippen LogP contribution < -0.4 is 0 Å². The van der Waals surface area contributed by atoms with Crippen molar-refractivity contribution in [2.24, 2.45) is 0 Å². The van der Waals surface area contributed by atoms with Gasteiger partial charge in [-0.2, -0.15) is 0 Å². The molecule has 0 heterocycles. The van der Waals surface area contributed by atoms with Gasteiger partial charge < -0.3 is 0 Å². The van der Waals surface area contributed by atoms with E-state index < -0.39 is 11.6 Å². The van der Waals surface area contributed by atoms with Crippen LogP contribution in [-0.2, 0) is 0 Å². The van der Waals surface area contributed by atoms with Gasteiger partial charge >= 0.3 is 0 Å². The van der Waals surface area contributed by atoms with Gasteiger partial charge in [0.05, 0.1) is 5.56 Å². The molecule has 0 bridgehead atoms. The summed E-state index contributed by atoms with van der Waals surface area (Å²) < 4.78 is 26.1. The average Bonchev–Trinajstić information content (AvgIpc) is 2.28. The number of hydrogen-bond acceptors (Lipinski definition) is 1. The third kappa shape index (κ3) is 3.67. The zero-order valence-corrected chi connectivity index (χ0v) is 10.4. The number of hydrogen-bond donors (Lipinski definition) is 0. The molecule has 0 saturated carbocycles. The Hall–Kier alpha value is -0.770. The molecule has 4 heteroatoms. The highest BCUT2D eigenvalue weighted by atomic mass is 79.9. The molecule has 0 N–H and O–H groups in total. The molecule has 0 fully saturated rings. The number of rotatable bonds is 6. The standard InChI is InChI=1S/C12H13BrF2O/c13-8-3-1-2-7-11(16)9-5-4-6-10(14)12(9)15/h4-6H,1-3,7-8H2. The van der Waals surface area contributed by atoms with Crippen LogP contribution in [0, 0.1) is 11.6 Å². The molecule has 0 amide bonds. The molecule has 0 aromatic heterocycles. The highest BCUT2D eigenvalue weighted by molar-refractivity contribution is 9.09. The predicted molar refractivity (Wildman–Crippen MR) is 63.0 cm³/mol.